The number of allylic oxidation sites excluding steroid dienone is 2. The molecule has 128 valence electrons. The van der Waals surface area contributed by atoms with E-state index in [1.165, 1.54) is 4.90 Å². The standard InChI is InChI=1S/C20H19ClN2O2/c1-11-7-8-13-9-14(18(21)22-17(13)12(11)2)10-23-19(24)15-5-3-4-6-16(15)20(23)25/h3-4,7-9,15-16H,5-6,10H2,1-2H3/t15-,16-/m0/s1. The highest BCUT2D eigenvalue weighted by Gasteiger charge is 2.47. The normalized spacial score (nSPS) is 22.8. The van der Waals surface area contributed by atoms with Crippen molar-refractivity contribution in [3.05, 3.63) is 52.2 Å². The Morgan fingerprint density at radius 1 is 1.12 bits per heavy atom. The zero-order valence-electron chi connectivity index (χ0n) is 14.3. The van der Waals surface area contributed by atoms with Crippen molar-refractivity contribution in [2.75, 3.05) is 0 Å². The molecule has 2 amide bonds. The summed E-state index contributed by atoms with van der Waals surface area (Å²) in [5, 5.41) is 1.33. The minimum atomic E-state index is -0.213. The van der Waals surface area contributed by atoms with Crippen LogP contribution in [-0.2, 0) is 16.1 Å². The highest BCUT2D eigenvalue weighted by atomic mass is 35.5. The molecule has 1 aromatic heterocycles. The Morgan fingerprint density at radius 3 is 2.40 bits per heavy atom. The predicted octanol–water partition coefficient (Wildman–Crippen LogP) is 3.96. The molecule has 1 aliphatic carbocycles. The van der Waals surface area contributed by atoms with E-state index in [2.05, 4.69) is 4.98 Å². The van der Waals surface area contributed by atoms with Gasteiger partial charge in [-0.25, -0.2) is 4.98 Å². The molecule has 2 aromatic rings. The lowest BCUT2D eigenvalue weighted by molar-refractivity contribution is -0.140. The Bertz CT molecular complexity index is 909. The summed E-state index contributed by atoms with van der Waals surface area (Å²) in [6, 6.07) is 5.99. The van der Waals surface area contributed by atoms with Gasteiger partial charge in [0.2, 0.25) is 11.8 Å². The van der Waals surface area contributed by atoms with Crippen molar-refractivity contribution < 1.29 is 9.59 Å². The number of nitrogens with zero attached hydrogens (tertiary/aromatic N) is 2. The number of carbonyl (C=O) groups is 2. The maximum Gasteiger partial charge on any atom is 0.233 e. The Morgan fingerprint density at radius 2 is 1.76 bits per heavy atom. The second-order valence-electron chi connectivity index (χ2n) is 6.94. The maximum absolute atomic E-state index is 12.6. The van der Waals surface area contributed by atoms with Crippen LogP contribution in [0.25, 0.3) is 10.9 Å². The molecule has 0 radical (unpaired) electrons. The third-order valence-electron chi connectivity index (χ3n) is 5.47. The van der Waals surface area contributed by atoms with Gasteiger partial charge in [0.1, 0.15) is 5.15 Å². The largest absolute Gasteiger partial charge is 0.277 e. The highest BCUT2D eigenvalue weighted by molar-refractivity contribution is 6.30. The smallest absolute Gasteiger partial charge is 0.233 e. The van der Waals surface area contributed by atoms with Crippen LogP contribution in [0, 0.1) is 25.7 Å². The average molecular weight is 355 g/mol. The number of fused-ring (bicyclic) bond motifs is 2. The molecule has 25 heavy (non-hydrogen) atoms. The van der Waals surface area contributed by atoms with Gasteiger partial charge in [-0.1, -0.05) is 35.9 Å². The first-order valence-corrected chi connectivity index (χ1v) is 8.90. The van der Waals surface area contributed by atoms with Crippen LogP contribution >= 0.6 is 11.6 Å². The fraction of sp³-hybridized carbons (Fsp3) is 0.350. The van der Waals surface area contributed by atoms with Crippen LogP contribution in [0.15, 0.2) is 30.4 Å². The highest BCUT2D eigenvalue weighted by Crippen LogP contribution is 2.36. The Hall–Kier alpha value is -2.20. The summed E-state index contributed by atoms with van der Waals surface area (Å²) in [6.45, 7) is 4.25. The monoisotopic (exact) mass is 354 g/mol. The van der Waals surface area contributed by atoms with E-state index in [9.17, 15) is 9.59 Å². The first-order valence-electron chi connectivity index (χ1n) is 8.53. The maximum atomic E-state index is 12.6. The van der Waals surface area contributed by atoms with Gasteiger partial charge in [0, 0.05) is 10.9 Å². The van der Waals surface area contributed by atoms with Gasteiger partial charge in [0.15, 0.2) is 0 Å². The molecule has 0 unspecified atom stereocenters. The number of rotatable bonds is 2. The first kappa shape index (κ1) is 16.3. The summed E-state index contributed by atoms with van der Waals surface area (Å²) in [7, 11) is 0. The zero-order chi connectivity index (χ0) is 17.7. The van der Waals surface area contributed by atoms with Crippen molar-refractivity contribution in [3.8, 4) is 0 Å². The van der Waals surface area contributed by atoms with Crippen LogP contribution in [0.5, 0.6) is 0 Å². The molecule has 1 aromatic carbocycles. The summed E-state index contributed by atoms with van der Waals surface area (Å²) in [5.41, 5.74) is 3.83. The van der Waals surface area contributed by atoms with Gasteiger partial charge < -0.3 is 0 Å². The lowest BCUT2D eigenvalue weighted by Crippen LogP contribution is -2.30. The van der Waals surface area contributed by atoms with Crippen LogP contribution in [0.4, 0.5) is 0 Å². The molecule has 2 aliphatic rings. The SMILES string of the molecule is Cc1ccc2cc(CN3C(=O)[C@H]4CC=CC[C@@H]4C3=O)c(Cl)nc2c1C. The molecule has 1 fully saturated rings. The second kappa shape index (κ2) is 5.95. The second-order valence-corrected chi connectivity index (χ2v) is 7.29. The minimum absolute atomic E-state index is 0.0874. The summed E-state index contributed by atoms with van der Waals surface area (Å²) >= 11 is 6.38. The third-order valence-corrected chi connectivity index (χ3v) is 5.79. The topological polar surface area (TPSA) is 50.3 Å². The van der Waals surface area contributed by atoms with E-state index in [4.69, 9.17) is 11.6 Å². The number of aromatic nitrogens is 1. The molecule has 2 heterocycles. The van der Waals surface area contributed by atoms with Crippen LogP contribution < -0.4 is 0 Å². The molecule has 2 atom stereocenters. The minimum Gasteiger partial charge on any atom is -0.277 e. The fourth-order valence-corrected chi connectivity index (χ4v) is 4.01. The van der Waals surface area contributed by atoms with Gasteiger partial charge in [0.05, 0.1) is 23.9 Å². The van der Waals surface area contributed by atoms with E-state index in [1.54, 1.807) is 0 Å². The molecule has 5 heteroatoms. The molecule has 0 spiro atoms. The number of pyridine rings is 1. The van der Waals surface area contributed by atoms with Crippen molar-refractivity contribution in [3.63, 3.8) is 0 Å². The number of hydrogen-bond donors (Lipinski definition) is 0. The molecular formula is C20H19ClN2O2. The fourth-order valence-electron chi connectivity index (χ4n) is 3.81. The number of halogens is 1. The van der Waals surface area contributed by atoms with Crippen molar-refractivity contribution in [1.82, 2.24) is 9.88 Å². The van der Waals surface area contributed by atoms with Crippen molar-refractivity contribution in [1.29, 1.82) is 0 Å². The van der Waals surface area contributed by atoms with Crippen molar-refractivity contribution in [2.45, 2.75) is 33.2 Å². The summed E-state index contributed by atoms with van der Waals surface area (Å²) in [4.78, 5) is 31.2. The van der Waals surface area contributed by atoms with E-state index in [1.807, 2.05) is 44.2 Å². The number of hydrogen-bond acceptors (Lipinski definition) is 3. The summed E-state index contributed by atoms with van der Waals surface area (Å²) in [5.74, 6) is -0.602. The van der Waals surface area contributed by atoms with Gasteiger partial charge in [-0.05, 0) is 43.9 Å². The molecule has 0 bridgehead atoms. The van der Waals surface area contributed by atoms with Gasteiger partial charge in [-0.2, -0.15) is 0 Å². The molecule has 1 saturated heterocycles. The number of aryl methyl sites for hydroxylation is 2. The van der Waals surface area contributed by atoms with Crippen LogP contribution in [-0.4, -0.2) is 21.7 Å². The van der Waals surface area contributed by atoms with Gasteiger partial charge in [-0.3, -0.25) is 14.5 Å². The lowest BCUT2D eigenvalue weighted by atomic mass is 9.85. The number of imide groups is 1. The van der Waals surface area contributed by atoms with Crippen LogP contribution in [0.2, 0.25) is 5.15 Å². The van der Waals surface area contributed by atoms with E-state index < -0.39 is 0 Å². The van der Waals surface area contributed by atoms with Gasteiger partial charge in [-0.15, -0.1) is 0 Å². The first-order chi connectivity index (χ1) is 12.0. The van der Waals surface area contributed by atoms with E-state index in [0.717, 1.165) is 22.0 Å². The quantitative estimate of drug-likeness (QED) is 0.466. The number of carbonyl (C=O) groups excluding carboxylic acids is 2. The predicted molar refractivity (Wildman–Crippen MR) is 97.1 cm³/mol. The molecule has 1 aliphatic heterocycles. The molecule has 0 saturated carbocycles. The van der Waals surface area contributed by atoms with E-state index >= 15 is 0 Å². The molecule has 4 rings (SSSR count). The van der Waals surface area contributed by atoms with Gasteiger partial charge >= 0.3 is 0 Å². The summed E-state index contributed by atoms with van der Waals surface area (Å²) in [6.07, 6.45) is 5.28. The lowest BCUT2D eigenvalue weighted by Gasteiger charge is -2.16. The summed E-state index contributed by atoms with van der Waals surface area (Å²) < 4.78 is 0. The number of likely N-dealkylation sites (tertiary alicyclic amines) is 1. The molecule has 4 nitrogen and oxygen atoms in total. The van der Waals surface area contributed by atoms with Crippen molar-refractivity contribution in [2.24, 2.45) is 11.8 Å². The Kier molecular flexibility index (Phi) is 3.88. The van der Waals surface area contributed by atoms with E-state index in [-0.39, 0.29) is 30.2 Å². The molecular weight excluding hydrogens is 336 g/mol. The zero-order valence-corrected chi connectivity index (χ0v) is 15.0. The van der Waals surface area contributed by atoms with Crippen molar-refractivity contribution >= 4 is 34.3 Å². The van der Waals surface area contributed by atoms with Crippen LogP contribution in [0.1, 0.15) is 29.5 Å². The number of benzene rings is 1. The van der Waals surface area contributed by atoms with Crippen LogP contribution in [0.3, 0.4) is 0 Å². The average Bonchev–Trinajstić information content (AvgIpc) is 2.85. The van der Waals surface area contributed by atoms with Gasteiger partial charge in [0.25, 0.3) is 0 Å². The number of amides is 2. The molecule has 0 N–H and O–H groups in total. The Labute approximate surface area is 151 Å². The Balaban J connectivity index is 1.69. The third kappa shape index (κ3) is 2.56. The van der Waals surface area contributed by atoms with E-state index in [0.29, 0.717) is 23.6 Å².